The summed E-state index contributed by atoms with van der Waals surface area (Å²) in [5.74, 6) is 0. The van der Waals surface area contributed by atoms with E-state index in [1.54, 1.807) is 6.92 Å². The second-order valence-electron chi connectivity index (χ2n) is 2.69. The van der Waals surface area contributed by atoms with Crippen molar-refractivity contribution in [1.29, 1.82) is 0 Å². The fourth-order valence-corrected chi connectivity index (χ4v) is 1.30. The van der Waals surface area contributed by atoms with E-state index in [0.717, 1.165) is 5.01 Å². The summed E-state index contributed by atoms with van der Waals surface area (Å²) in [4.78, 5) is 20.5. The number of nitrogens with zero attached hydrogens (tertiary/aromatic N) is 3. The average Bonchev–Trinajstić information content (AvgIpc) is 2.21. The number of nitro groups is 1. The molecular formula is C8H8ClN3O3. The molecule has 0 bridgehead atoms. The number of hydrogen-bond acceptors (Lipinski definition) is 4. The van der Waals surface area contributed by atoms with E-state index in [1.807, 2.05) is 0 Å². The van der Waals surface area contributed by atoms with Crippen molar-refractivity contribution in [2.75, 3.05) is 11.6 Å². The van der Waals surface area contributed by atoms with Gasteiger partial charge in [0.1, 0.15) is 5.69 Å². The number of hydrogen-bond donors (Lipinski definition) is 0. The van der Waals surface area contributed by atoms with E-state index in [-0.39, 0.29) is 22.9 Å². The largest absolute Gasteiger partial charge is 0.296 e. The fraction of sp³-hybridized carbons (Fsp3) is 0.250. The van der Waals surface area contributed by atoms with Crippen LogP contribution in [0.4, 0.5) is 11.4 Å². The molecule has 1 aromatic carbocycles. The summed E-state index contributed by atoms with van der Waals surface area (Å²) in [5.41, 5.74) is -0.0918. The van der Waals surface area contributed by atoms with Gasteiger partial charge in [-0.15, -0.1) is 4.91 Å². The number of anilines is 1. The van der Waals surface area contributed by atoms with Gasteiger partial charge >= 0.3 is 0 Å². The maximum atomic E-state index is 10.7. The van der Waals surface area contributed by atoms with Crippen LogP contribution in [0, 0.1) is 15.0 Å². The lowest BCUT2D eigenvalue weighted by atomic mass is 10.2. The summed E-state index contributed by atoms with van der Waals surface area (Å²) in [6.07, 6.45) is 0. The zero-order valence-electron chi connectivity index (χ0n) is 7.88. The van der Waals surface area contributed by atoms with Crippen molar-refractivity contribution in [1.82, 2.24) is 0 Å². The van der Waals surface area contributed by atoms with Gasteiger partial charge in [0.05, 0.1) is 10.2 Å². The fourth-order valence-electron chi connectivity index (χ4n) is 1.13. The second kappa shape index (κ2) is 4.70. The predicted octanol–water partition coefficient (Wildman–Crippen LogP) is 2.76. The molecule has 0 spiro atoms. The third kappa shape index (κ3) is 2.41. The molecule has 1 rings (SSSR count). The molecule has 6 nitrogen and oxygen atoms in total. The minimum atomic E-state index is -0.602. The Labute approximate surface area is 90.5 Å². The summed E-state index contributed by atoms with van der Waals surface area (Å²) in [7, 11) is 0. The lowest BCUT2D eigenvalue weighted by Gasteiger charge is -2.12. The highest BCUT2D eigenvalue weighted by Crippen LogP contribution is 2.30. The molecule has 1 aromatic rings. The predicted molar refractivity (Wildman–Crippen MR) is 56.9 cm³/mol. The van der Waals surface area contributed by atoms with Gasteiger partial charge in [0.25, 0.3) is 5.69 Å². The van der Waals surface area contributed by atoms with Gasteiger partial charge in [-0.05, 0) is 19.1 Å². The standard InChI is InChI=1S/C8H8ClN3O3/c1-2-11(10-13)7-4-3-6(9)5-8(7)12(14)15/h3-5H,2H2,1H3. The van der Waals surface area contributed by atoms with Crippen LogP contribution in [0.15, 0.2) is 23.5 Å². The van der Waals surface area contributed by atoms with Crippen molar-refractivity contribution < 1.29 is 4.92 Å². The first-order chi connectivity index (χ1) is 7.10. The van der Waals surface area contributed by atoms with Gasteiger partial charge in [-0.25, -0.2) is 5.01 Å². The zero-order chi connectivity index (χ0) is 11.4. The van der Waals surface area contributed by atoms with Gasteiger partial charge in [0.2, 0.25) is 0 Å². The van der Waals surface area contributed by atoms with E-state index in [0.29, 0.717) is 0 Å². The average molecular weight is 230 g/mol. The Hall–Kier alpha value is -1.69. The number of halogens is 1. The molecule has 0 saturated heterocycles. The van der Waals surface area contributed by atoms with E-state index in [4.69, 9.17) is 11.6 Å². The Morgan fingerprint density at radius 3 is 2.73 bits per heavy atom. The number of nitroso groups, excluding NO2 is 1. The van der Waals surface area contributed by atoms with Crippen molar-refractivity contribution in [2.24, 2.45) is 5.29 Å². The summed E-state index contributed by atoms with van der Waals surface area (Å²) >= 11 is 5.62. The minimum absolute atomic E-state index is 0.141. The molecule has 0 N–H and O–H groups in total. The molecule has 0 aliphatic heterocycles. The molecule has 0 aliphatic rings. The van der Waals surface area contributed by atoms with Crippen molar-refractivity contribution >= 4 is 23.0 Å². The van der Waals surface area contributed by atoms with Crippen LogP contribution in [0.5, 0.6) is 0 Å². The Morgan fingerprint density at radius 1 is 1.60 bits per heavy atom. The first-order valence-corrected chi connectivity index (χ1v) is 4.52. The normalized spacial score (nSPS) is 9.73. The van der Waals surface area contributed by atoms with Crippen molar-refractivity contribution in [2.45, 2.75) is 6.92 Å². The van der Waals surface area contributed by atoms with Crippen LogP contribution in [0.3, 0.4) is 0 Å². The monoisotopic (exact) mass is 229 g/mol. The number of rotatable bonds is 4. The quantitative estimate of drug-likeness (QED) is 0.452. The van der Waals surface area contributed by atoms with Crippen molar-refractivity contribution in [3.8, 4) is 0 Å². The second-order valence-corrected chi connectivity index (χ2v) is 3.12. The van der Waals surface area contributed by atoms with E-state index in [9.17, 15) is 15.0 Å². The van der Waals surface area contributed by atoms with E-state index < -0.39 is 4.92 Å². The summed E-state index contributed by atoms with van der Waals surface area (Å²) in [6, 6.07) is 4.05. The van der Waals surface area contributed by atoms with Crippen LogP contribution in [-0.4, -0.2) is 11.5 Å². The molecule has 15 heavy (non-hydrogen) atoms. The van der Waals surface area contributed by atoms with Crippen molar-refractivity contribution in [3.63, 3.8) is 0 Å². The molecule has 0 radical (unpaired) electrons. The van der Waals surface area contributed by atoms with Gasteiger partial charge in [-0.3, -0.25) is 10.1 Å². The van der Waals surface area contributed by atoms with Crippen LogP contribution in [0.25, 0.3) is 0 Å². The van der Waals surface area contributed by atoms with Crippen LogP contribution in [-0.2, 0) is 0 Å². The van der Waals surface area contributed by atoms with Crippen LogP contribution in [0.1, 0.15) is 6.92 Å². The molecule has 0 atom stereocenters. The minimum Gasteiger partial charge on any atom is -0.258 e. The summed E-state index contributed by atoms with van der Waals surface area (Å²) in [5, 5.41) is 14.6. The van der Waals surface area contributed by atoms with Crippen molar-refractivity contribution in [3.05, 3.63) is 38.2 Å². The van der Waals surface area contributed by atoms with E-state index >= 15 is 0 Å². The molecule has 0 aliphatic carbocycles. The summed E-state index contributed by atoms with van der Waals surface area (Å²) in [6.45, 7) is 1.92. The van der Waals surface area contributed by atoms with Crippen LogP contribution in [0.2, 0.25) is 5.02 Å². The lowest BCUT2D eigenvalue weighted by molar-refractivity contribution is -0.384. The van der Waals surface area contributed by atoms with Gasteiger partial charge < -0.3 is 0 Å². The molecule has 0 amide bonds. The number of benzene rings is 1. The lowest BCUT2D eigenvalue weighted by Crippen LogP contribution is -2.15. The molecular weight excluding hydrogens is 222 g/mol. The van der Waals surface area contributed by atoms with Gasteiger partial charge in [0, 0.05) is 17.6 Å². The zero-order valence-corrected chi connectivity index (χ0v) is 8.64. The molecule has 0 heterocycles. The highest BCUT2D eigenvalue weighted by atomic mass is 35.5. The molecule has 0 saturated carbocycles. The van der Waals surface area contributed by atoms with E-state index in [1.165, 1.54) is 18.2 Å². The smallest absolute Gasteiger partial charge is 0.258 e. The summed E-state index contributed by atoms with van der Waals surface area (Å²) < 4.78 is 0. The van der Waals surface area contributed by atoms with Crippen LogP contribution < -0.4 is 5.01 Å². The Kier molecular flexibility index (Phi) is 3.56. The molecule has 0 fully saturated rings. The topological polar surface area (TPSA) is 75.8 Å². The highest BCUT2D eigenvalue weighted by Gasteiger charge is 2.19. The molecule has 0 unspecified atom stereocenters. The highest BCUT2D eigenvalue weighted by molar-refractivity contribution is 6.30. The first kappa shape index (κ1) is 11.4. The maximum Gasteiger partial charge on any atom is 0.296 e. The van der Waals surface area contributed by atoms with E-state index in [2.05, 4.69) is 5.29 Å². The number of nitro benzene ring substituents is 1. The Bertz CT molecular complexity index is 397. The SMILES string of the molecule is CCN(N=O)c1ccc(Cl)cc1[N+](=O)[O-]. The van der Waals surface area contributed by atoms with Gasteiger partial charge in [-0.1, -0.05) is 11.6 Å². The van der Waals surface area contributed by atoms with Gasteiger partial charge in [-0.2, -0.15) is 0 Å². The Morgan fingerprint density at radius 2 is 2.27 bits per heavy atom. The molecule has 0 aromatic heterocycles. The maximum absolute atomic E-state index is 10.7. The van der Waals surface area contributed by atoms with Gasteiger partial charge in [0.15, 0.2) is 0 Å². The Balaban J connectivity index is 3.27. The molecule has 7 heteroatoms. The first-order valence-electron chi connectivity index (χ1n) is 4.15. The third-order valence-corrected chi connectivity index (χ3v) is 2.05. The van der Waals surface area contributed by atoms with Crippen LogP contribution >= 0.6 is 11.6 Å². The third-order valence-electron chi connectivity index (χ3n) is 1.81. The molecule has 80 valence electrons.